The smallest absolute Gasteiger partial charge is 0.172 e. The second-order valence-corrected chi connectivity index (χ2v) is 2.39. The van der Waals surface area contributed by atoms with E-state index in [1.807, 2.05) is 0 Å². The van der Waals surface area contributed by atoms with Crippen LogP contribution in [0.2, 0.25) is 0 Å². The number of nitrogens with zero attached hydrogens (tertiary/aromatic N) is 1. The predicted molar refractivity (Wildman–Crippen MR) is 33.4 cm³/mol. The van der Waals surface area contributed by atoms with Crippen LogP contribution >= 0.6 is 0 Å². The van der Waals surface area contributed by atoms with Crippen molar-refractivity contribution in [3.05, 3.63) is 0 Å². The summed E-state index contributed by atoms with van der Waals surface area (Å²) in [6.07, 6.45) is -4.24. The summed E-state index contributed by atoms with van der Waals surface area (Å²) in [5.41, 5.74) is 0. The average Bonchev–Trinajstić information content (AvgIpc) is 2.30. The Balaban J connectivity index is 2.62. The summed E-state index contributed by atoms with van der Waals surface area (Å²) >= 11 is 0. The SMILES string of the molecule is N#C[C@H]1O[C@@H](CO)[C@H](O)[C@@H]1O. The van der Waals surface area contributed by atoms with Gasteiger partial charge in [0.15, 0.2) is 6.10 Å². The Hall–Kier alpha value is -0.670. The highest BCUT2D eigenvalue weighted by molar-refractivity contribution is 5.01. The van der Waals surface area contributed by atoms with E-state index < -0.39 is 31.0 Å². The highest BCUT2D eigenvalue weighted by Crippen LogP contribution is 2.19. The Bertz CT molecular complexity index is 178. The molecule has 1 aliphatic rings. The van der Waals surface area contributed by atoms with Gasteiger partial charge < -0.3 is 20.1 Å². The fourth-order valence-electron chi connectivity index (χ4n) is 1.01. The van der Waals surface area contributed by atoms with Crippen molar-refractivity contribution in [3.8, 4) is 6.07 Å². The average molecular weight is 159 g/mol. The summed E-state index contributed by atoms with van der Waals surface area (Å²) in [5, 5.41) is 35.0. The van der Waals surface area contributed by atoms with Crippen LogP contribution in [0.1, 0.15) is 0 Å². The first-order valence-electron chi connectivity index (χ1n) is 3.22. The van der Waals surface area contributed by atoms with Crippen molar-refractivity contribution in [2.24, 2.45) is 0 Å². The molecule has 0 bridgehead atoms. The second kappa shape index (κ2) is 3.15. The van der Waals surface area contributed by atoms with E-state index in [0.29, 0.717) is 0 Å². The van der Waals surface area contributed by atoms with Crippen LogP contribution in [0.4, 0.5) is 0 Å². The fourth-order valence-corrected chi connectivity index (χ4v) is 1.01. The van der Waals surface area contributed by atoms with Crippen LogP contribution < -0.4 is 0 Å². The van der Waals surface area contributed by atoms with E-state index in [2.05, 4.69) is 0 Å². The summed E-state index contributed by atoms with van der Waals surface area (Å²) in [6.45, 7) is -0.392. The molecule has 0 aromatic carbocycles. The zero-order valence-electron chi connectivity index (χ0n) is 5.71. The maximum atomic E-state index is 9.07. The summed E-state index contributed by atoms with van der Waals surface area (Å²) in [5.74, 6) is 0. The van der Waals surface area contributed by atoms with Crippen molar-refractivity contribution in [2.45, 2.75) is 24.4 Å². The third kappa shape index (κ3) is 1.34. The quantitative estimate of drug-likeness (QED) is 0.411. The monoisotopic (exact) mass is 159 g/mol. The molecule has 1 aliphatic heterocycles. The van der Waals surface area contributed by atoms with E-state index in [-0.39, 0.29) is 0 Å². The first-order chi connectivity index (χ1) is 5.20. The van der Waals surface area contributed by atoms with Gasteiger partial charge in [0.25, 0.3) is 0 Å². The molecule has 0 aromatic rings. The minimum atomic E-state index is -1.21. The number of hydrogen-bond donors (Lipinski definition) is 3. The van der Waals surface area contributed by atoms with Crippen LogP contribution in [0.5, 0.6) is 0 Å². The van der Waals surface area contributed by atoms with Crippen molar-refractivity contribution in [2.75, 3.05) is 6.61 Å². The number of ether oxygens (including phenoxy) is 1. The van der Waals surface area contributed by atoms with E-state index in [1.54, 1.807) is 6.07 Å². The number of rotatable bonds is 1. The van der Waals surface area contributed by atoms with Crippen LogP contribution in [0.15, 0.2) is 0 Å². The van der Waals surface area contributed by atoms with Crippen molar-refractivity contribution in [1.82, 2.24) is 0 Å². The maximum absolute atomic E-state index is 9.07. The number of aliphatic hydroxyl groups is 3. The normalized spacial score (nSPS) is 43.8. The molecule has 0 saturated carbocycles. The minimum Gasteiger partial charge on any atom is -0.394 e. The highest BCUT2D eigenvalue weighted by Gasteiger charge is 2.42. The Morgan fingerprint density at radius 3 is 2.27 bits per heavy atom. The molecule has 0 aliphatic carbocycles. The molecule has 62 valence electrons. The predicted octanol–water partition coefficient (Wildman–Crippen LogP) is -2.01. The van der Waals surface area contributed by atoms with Gasteiger partial charge in [-0.15, -0.1) is 0 Å². The third-order valence-electron chi connectivity index (χ3n) is 1.67. The Morgan fingerprint density at radius 2 is 2.00 bits per heavy atom. The first kappa shape index (κ1) is 8.43. The van der Waals surface area contributed by atoms with Crippen LogP contribution in [0.25, 0.3) is 0 Å². The number of aliphatic hydroxyl groups excluding tert-OH is 3. The van der Waals surface area contributed by atoms with Gasteiger partial charge in [-0.1, -0.05) is 0 Å². The lowest BCUT2D eigenvalue weighted by Gasteiger charge is -2.09. The molecule has 0 unspecified atom stereocenters. The first-order valence-corrected chi connectivity index (χ1v) is 3.22. The molecule has 5 nitrogen and oxygen atoms in total. The Kier molecular flexibility index (Phi) is 2.42. The maximum Gasteiger partial charge on any atom is 0.172 e. The molecule has 11 heavy (non-hydrogen) atoms. The minimum absolute atomic E-state index is 0.392. The summed E-state index contributed by atoms with van der Waals surface area (Å²) < 4.78 is 4.77. The van der Waals surface area contributed by atoms with Gasteiger partial charge in [0.1, 0.15) is 18.3 Å². The molecule has 1 rings (SSSR count). The van der Waals surface area contributed by atoms with E-state index in [1.165, 1.54) is 0 Å². The lowest BCUT2D eigenvalue weighted by molar-refractivity contribution is -0.0113. The molecule has 1 fully saturated rings. The van der Waals surface area contributed by atoms with E-state index >= 15 is 0 Å². The number of nitriles is 1. The standard InChI is InChI=1S/C6H9NO4/c7-1-3-5(9)6(10)4(2-8)11-3/h3-6,8-10H,2H2/t3-,4+,5-,6+/m1/s1. The fraction of sp³-hybridized carbons (Fsp3) is 0.833. The van der Waals surface area contributed by atoms with Gasteiger partial charge in [0, 0.05) is 0 Å². The van der Waals surface area contributed by atoms with Crippen molar-refractivity contribution in [1.29, 1.82) is 5.26 Å². The summed E-state index contributed by atoms with van der Waals surface area (Å²) in [6, 6.07) is 1.67. The second-order valence-electron chi connectivity index (χ2n) is 2.39. The van der Waals surface area contributed by atoms with Crippen LogP contribution in [0, 0.1) is 11.3 Å². The lowest BCUT2D eigenvalue weighted by Crippen LogP contribution is -2.33. The van der Waals surface area contributed by atoms with Gasteiger partial charge in [0.05, 0.1) is 12.7 Å². The molecule has 3 N–H and O–H groups in total. The molecule has 1 saturated heterocycles. The van der Waals surface area contributed by atoms with E-state index in [9.17, 15) is 0 Å². The molecular weight excluding hydrogens is 150 g/mol. The van der Waals surface area contributed by atoms with Gasteiger partial charge in [-0.25, -0.2) is 0 Å². The van der Waals surface area contributed by atoms with Crippen molar-refractivity contribution < 1.29 is 20.1 Å². The summed E-state index contributed by atoms with van der Waals surface area (Å²) in [4.78, 5) is 0. The van der Waals surface area contributed by atoms with Gasteiger partial charge in [-0.2, -0.15) is 5.26 Å². The highest BCUT2D eigenvalue weighted by atomic mass is 16.6. The lowest BCUT2D eigenvalue weighted by atomic mass is 10.1. The zero-order chi connectivity index (χ0) is 8.43. The van der Waals surface area contributed by atoms with Crippen LogP contribution in [0.3, 0.4) is 0 Å². The van der Waals surface area contributed by atoms with Crippen LogP contribution in [-0.2, 0) is 4.74 Å². The van der Waals surface area contributed by atoms with Gasteiger partial charge in [-0.3, -0.25) is 0 Å². The Labute approximate surface area is 63.4 Å². The molecule has 4 atom stereocenters. The molecular formula is C6H9NO4. The molecule has 0 spiro atoms. The Morgan fingerprint density at radius 1 is 1.36 bits per heavy atom. The third-order valence-corrected chi connectivity index (χ3v) is 1.67. The van der Waals surface area contributed by atoms with Crippen LogP contribution in [-0.4, -0.2) is 46.3 Å². The van der Waals surface area contributed by atoms with Gasteiger partial charge in [-0.05, 0) is 0 Å². The van der Waals surface area contributed by atoms with E-state index in [4.69, 9.17) is 25.3 Å². The molecule has 0 amide bonds. The van der Waals surface area contributed by atoms with Crippen molar-refractivity contribution in [3.63, 3.8) is 0 Å². The van der Waals surface area contributed by atoms with E-state index in [0.717, 1.165) is 0 Å². The van der Waals surface area contributed by atoms with Gasteiger partial charge >= 0.3 is 0 Å². The van der Waals surface area contributed by atoms with Crippen molar-refractivity contribution >= 4 is 0 Å². The number of hydrogen-bond acceptors (Lipinski definition) is 5. The summed E-state index contributed by atoms with van der Waals surface area (Å²) in [7, 11) is 0. The topological polar surface area (TPSA) is 93.7 Å². The zero-order valence-corrected chi connectivity index (χ0v) is 5.71. The molecule has 5 heteroatoms. The molecule has 0 radical (unpaired) electrons. The van der Waals surface area contributed by atoms with Gasteiger partial charge in [0.2, 0.25) is 0 Å². The molecule has 1 heterocycles. The molecule has 0 aromatic heterocycles. The largest absolute Gasteiger partial charge is 0.394 e.